The van der Waals surface area contributed by atoms with Crippen LogP contribution in [0.4, 0.5) is 5.69 Å². The van der Waals surface area contributed by atoms with E-state index in [0.29, 0.717) is 0 Å². The average Bonchev–Trinajstić information content (AvgIpc) is 2.41. The van der Waals surface area contributed by atoms with E-state index in [1.807, 2.05) is 45.2 Å². The van der Waals surface area contributed by atoms with Gasteiger partial charge < -0.3 is 5.32 Å². The topological polar surface area (TPSA) is 12.0 Å². The van der Waals surface area contributed by atoms with Crippen molar-refractivity contribution in [3.05, 3.63) is 64.7 Å². The van der Waals surface area contributed by atoms with Gasteiger partial charge in [0.15, 0.2) is 0 Å². The van der Waals surface area contributed by atoms with Gasteiger partial charge in [-0.05, 0) is 32.0 Å². The van der Waals surface area contributed by atoms with E-state index in [1.165, 1.54) is 11.1 Å². The molecule has 0 aromatic heterocycles. The Kier molecular flexibility index (Phi) is 9.64. The lowest BCUT2D eigenvalue weighted by Crippen LogP contribution is -1.85. The first kappa shape index (κ1) is 17.5. The predicted octanol–water partition coefficient (Wildman–Crippen LogP) is 5.71. The van der Waals surface area contributed by atoms with Gasteiger partial charge in [0.2, 0.25) is 0 Å². The minimum Gasteiger partial charge on any atom is -0.388 e. The number of nitrogens with one attached hydrogen (secondary N) is 1. The molecular weight excluding hydrogens is 254 g/mol. The molecular formula is C17H24ClN. The molecule has 0 spiro atoms. The first-order valence-electron chi connectivity index (χ1n) is 6.58. The number of aryl methyl sites for hydroxylation is 2. The van der Waals surface area contributed by atoms with E-state index in [9.17, 15) is 0 Å². The molecule has 2 heteroatoms. The maximum Gasteiger partial charge on any atom is 0.0426 e. The Labute approximate surface area is 122 Å². The van der Waals surface area contributed by atoms with E-state index < -0.39 is 0 Å². The van der Waals surface area contributed by atoms with Crippen molar-refractivity contribution in [3.8, 4) is 0 Å². The van der Waals surface area contributed by atoms with Gasteiger partial charge in [-0.25, -0.2) is 0 Å². The molecule has 0 amide bonds. The van der Waals surface area contributed by atoms with Gasteiger partial charge in [0.05, 0.1) is 0 Å². The fourth-order valence-corrected chi connectivity index (χ4v) is 1.64. The number of benzene rings is 2. The lowest BCUT2D eigenvalue weighted by Gasteiger charge is -1.97. The van der Waals surface area contributed by atoms with Crippen molar-refractivity contribution >= 4 is 17.3 Å². The molecule has 0 aliphatic carbocycles. The summed E-state index contributed by atoms with van der Waals surface area (Å²) < 4.78 is 0. The second-order valence-corrected chi connectivity index (χ2v) is 4.35. The molecule has 0 unspecified atom stereocenters. The molecule has 2 aromatic rings. The molecule has 2 aromatic carbocycles. The van der Waals surface area contributed by atoms with Crippen LogP contribution in [-0.2, 0) is 0 Å². The molecule has 0 aliphatic rings. The fourth-order valence-electron chi connectivity index (χ4n) is 1.45. The number of hydrogen-bond acceptors (Lipinski definition) is 1. The molecule has 1 N–H and O–H groups in total. The van der Waals surface area contributed by atoms with Crippen LogP contribution in [0.3, 0.4) is 0 Å². The normalized spacial score (nSPS) is 8.53. The summed E-state index contributed by atoms with van der Waals surface area (Å²) in [6, 6.07) is 16.1. The SMILES string of the molecule is CC.CNc1cccc(Cl)c1.Cc1cccc(C)c1. The quantitative estimate of drug-likeness (QED) is 0.704. The van der Waals surface area contributed by atoms with Crippen molar-refractivity contribution in [2.75, 3.05) is 12.4 Å². The van der Waals surface area contributed by atoms with Gasteiger partial charge in [-0.3, -0.25) is 0 Å². The van der Waals surface area contributed by atoms with Crippen LogP contribution >= 0.6 is 11.6 Å². The maximum absolute atomic E-state index is 5.68. The Bertz CT molecular complexity index is 449. The molecule has 0 bridgehead atoms. The standard InChI is InChI=1S/C8H10.C7H8ClN.C2H6/c1-7-4-3-5-8(2)6-7;1-9-7-4-2-3-6(8)5-7;1-2/h3-6H,1-2H3;2-5,9H,1H3;1-2H3. The van der Waals surface area contributed by atoms with Crippen LogP contribution in [0.5, 0.6) is 0 Å². The highest BCUT2D eigenvalue weighted by atomic mass is 35.5. The van der Waals surface area contributed by atoms with Crippen molar-refractivity contribution in [3.63, 3.8) is 0 Å². The Hall–Kier alpha value is -1.47. The second kappa shape index (κ2) is 10.5. The van der Waals surface area contributed by atoms with Crippen molar-refractivity contribution in [1.82, 2.24) is 0 Å². The first-order chi connectivity index (χ1) is 9.11. The average molecular weight is 278 g/mol. The molecule has 2 rings (SSSR count). The highest BCUT2D eigenvalue weighted by Gasteiger charge is 1.86. The highest BCUT2D eigenvalue weighted by Crippen LogP contribution is 2.13. The zero-order valence-electron chi connectivity index (χ0n) is 12.5. The Morgan fingerprint density at radius 3 is 1.68 bits per heavy atom. The highest BCUT2D eigenvalue weighted by molar-refractivity contribution is 6.30. The van der Waals surface area contributed by atoms with Crippen LogP contribution < -0.4 is 5.32 Å². The van der Waals surface area contributed by atoms with E-state index in [2.05, 4.69) is 43.4 Å². The summed E-state index contributed by atoms with van der Waals surface area (Å²) in [6.07, 6.45) is 0. The molecule has 0 heterocycles. The minimum atomic E-state index is 0.766. The van der Waals surface area contributed by atoms with E-state index in [0.717, 1.165) is 10.7 Å². The number of halogens is 1. The van der Waals surface area contributed by atoms with Crippen LogP contribution in [0.25, 0.3) is 0 Å². The molecule has 104 valence electrons. The third kappa shape index (κ3) is 8.28. The monoisotopic (exact) mass is 277 g/mol. The summed E-state index contributed by atoms with van der Waals surface area (Å²) in [5.74, 6) is 0. The summed E-state index contributed by atoms with van der Waals surface area (Å²) in [4.78, 5) is 0. The van der Waals surface area contributed by atoms with Gasteiger partial charge in [0.25, 0.3) is 0 Å². The molecule has 0 saturated heterocycles. The van der Waals surface area contributed by atoms with Crippen molar-refractivity contribution < 1.29 is 0 Å². The summed E-state index contributed by atoms with van der Waals surface area (Å²) in [7, 11) is 1.87. The van der Waals surface area contributed by atoms with Gasteiger partial charge in [-0.1, -0.05) is 66.9 Å². The van der Waals surface area contributed by atoms with Crippen LogP contribution in [0, 0.1) is 13.8 Å². The molecule has 0 atom stereocenters. The van der Waals surface area contributed by atoms with Crippen LogP contribution in [0.2, 0.25) is 5.02 Å². The van der Waals surface area contributed by atoms with Gasteiger partial charge in [-0.15, -0.1) is 0 Å². The maximum atomic E-state index is 5.68. The van der Waals surface area contributed by atoms with E-state index in [4.69, 9.17) is 11.6 Å². The molecule has 19 heavy (non-hydrogen) atoms. The van der Waals surface area contributed by atoms with E-state index >= 15 is 0 Å². The first-order valence-corrected chi connectivity index (χ1v) is 6.96. The Morgan fingerprint density at radius 1 is 0.842 bits per heavy atom. The molecule has 0 saturated carbocycles. The van der Waals surface area contributed by atoms with E-state index in [1.54, 1.807) is 0 Å². The number of anilines is 1. The second-order valence-electron chi connectivity index (χ2n) is 3.92. The summed E-state index contributed by atoms with van der Waals surface area (Å²) in [5.41, 5.74) is 3.72. The lowest BCUT2D eigenvalue weighted by atomic mass is 10.2. The third-order valence-corrected chi connectivity index (χ3v) is 2.52. The van der Waals surface area contributed by atoms with Crippen molar-refractivity contribution in [2.45, 2.75) is 27.7 Å². The summed E-state index contributed by atoms with van der Waals surface area (Å²) in [6.45, 7) is 8.21. The fraction of sp³-hybridized carbons (Fsp3) is 0.294. The lowest BCUT2D eigenvalue weighted by molar-refractivity contribution is 1.39. The van der Waals surface area contributed by atoms with Crippen molar-refractivity contribution in [1.29, 1.82) is 0 Å². The molecule has 1 nitrogen and oxygen atoms in total. The summed E-state index contributed by atoms with van der Waals surface area (Å²) in [5, 5.41) is 3.75. The Balaban J connectivity index is 0.000000303. The van der Waals surface area contributed by atoms with Crippen LogP contribution in [-0.4, -0.2) is 7.05 Å². The number of hydrogen-bond donors (Lipinski definition) is 1. The smallest absolute Gasteiger partial charge is 0.0426 e. The zero-order valence-corrected chi connectivity index (χ0v) is 13.3. The van der Waals surface area contributed by atoms with Gasteiger partial charge in [0, 0.05) is 17.8 Å². The molecule has 0 aliphatic heterocycles. The van der Waals surface area contributed by atoms with E-state index in [-0.39, 0.29) is 0 Å². The predicted molar refractivity (Wildman–Crippen MR) is 88.3 cm³/mol. The molecule has 0 radical (unpaired) electrons. The Morgan fingerprint density at radius 2 is 1.37 bits per heavy atom. The zero-order chi connectivity index (χ0) is 14.7. The third-order valence-electron chi connectivity index (χ3n) is 2.29. The summed E-state index contributed by atoms with van der Waals surface area (Å²) >= 11 is 5.68. The van der Waals surface area contributed by atoms with Gasteiger partial charge in [0.1, 0.15) is 0 Å². The van der Waals surface area contributed by atoms with Gasteiger partial charge >= 0.3 is 0 Å². The van der Waals surface area contributed by atoms with Crippen LogP contribution in [0.1, 0.15) is 25.0 Å². The number of rotatable bonds is 1. The minimum absolute atomic E-state index is 0.766. The molecule has 0 fully saturated rings. The van der Waals surface area contributed by atoms with Gasteiger partial charge in [-0.2, -0.15) is 0 Å². The van der Waals surface area contributed by atoms with Crippen LogP contribution in [0.15, 0.2) is 48.5 Å². The largest absolute Gasteiger partial charge is 0.388 e. The van der Waals surface area contributed by atoms with Crippen molar-refractivity contribution in [2.24, 2.45) is 0 Å².